The number of rotatable bonds is 8. The molecule has 0 saturated heterocycles. The van der Waals surface area contributed by atoms with Gasteiger partial charge in [-0.05, 0) is 57.0 Å². The van der Waals surface area contributed by atoms with Gasteiger partial charge in [-0.25, -0.2) is 8.42 Å². The number of aryl methyl sites for hydroxylation is 1. The Hall–Kier alpha value is -2.87. The van der Waals surface area contributed by atoms with Crippen molar-refractivity contribution < 1.29 is 18.0 Å². The fraction of sp³-hybridized carbons (Fsp3) is 0.364. The van der Waals surface area contributed by atoms with Crippen LogP contribution in [-0.4, -0.2) is 38.6 Å². The number of hydrogen-bond donors (Lipinski definition) is 2. The highest BCUT2D eigenvalue weighted by molar-refractivity contribution is 7.92. The lowest BCUT2D eigenvalue weighted by Gasteiger charge is -2.30. The third-order valence-corrected chi connectivity index (χ3v) is 5.62. The van der Waals surface area contributed by atoms with Crippen LogP contribution in [0.25, 0.3) is 0 Å². The molecule has 2 rings (SSSR count). The number of sulfonamides is 1. The van der Waals surface area contributed by atoms with Crippen molar-refractivity contribution >= 4 is 33.2 Å². The van der Waals surface area contributed by atoms with Crippen LogP contribution in [0, 0.1) is 6.92 Å². The quantitative estimate of drug-likeness (QED) is 0.670. The van der Waals surface area contributed by atoms with Crippen LogP contribution in [0.5, 0.6) is 0 Å². The normalized spacial score (nSPS) is 12.3. The number of amides is 2. The standard InChI is InChI=1S/C22H29N3O4S/c1-6-20(25(30(5,28)29)17-11-9-10-16(4)14-17)22(27)24-19-13-8-7-12-18(19)21(26)23-15(2)3/h7-15,20H,6H2,1-5H3,(H,23,26)(H,24,27). The number of nitrogens with zero attached hydrogens (tertiary/aromatic N) is 1. The predicted molar refractivity (Wildman–Crippen MR) is 120 cm³/mol. The van der Waals surface area contributed by atoms with Gasteiger partial charge < -0.3 is 10.6 Å². The highest BCUT2D eigenvalue weighted by atomic mass is 32.2. The maximum Gasteiger partial charge on any atom is 0.253 e. The topological polar surface area (TPSA) is 95.6 Å². The van der Waals surface area contributed by atoms with Crippen molar-refractivity contribution in [2.75, 3.05) is 15.9 Å². The number of para-hydroxylation sites is 1. The summed E-state index contributed by atoms with van der Waals surface area (Å²) < 4.78 is 26.3. The summed E-state index contributed by atoms with van der Waals surface area (Å²) in [5.74, 6) is -0.818. The van der Waals surface area contributed by atoms with Crippen LogP contribution in [0.3, 0.4) is 0 Å². The Morgan fingerprint density at radius 2 is 1.73 bits per heavy atom. The van der Waals surface area contributed by atoms with Crippen molar-refractivity contribution in [3.05, 3.63) is 59.7 Å². The second-order valence-electron chi connectivity index (χ2n) is 7.48. The third kappa shape index (κ3) is 5.82. The molecule has 0 fully saturated rings. The van der Waals surface area contributed by atoms with E-state index in [-0.39, 0.29) is 18.4 Å². The molecule has 0 aliphatic rings. The van der Waals surface area contributed by atoms with E-state index in [2.05, 4.69) is 10.6 Å². The predicted octanol–water partition coefficient (Wildman–Crippen LogP) is 3.32. The second-order valence-corrected chi connectivity index (χ2v) is 9.34. The number of anilines is 2. The van der Waals surface area contributed by atoms with Crippen molar-refractivity contribution in [3.8, 4) is 0 Å². The molecule has 0 aromatic heterocycles. The van der Waals surface area contributed by atoms with Crippen LogP contribution in [0.4, 0.5) is 11.4 Å². The SMILES string of the molecule is CCC(C(=O)Nc1ccccc1C(=O)NC(C)C)N(c1cccc(C)c1)S(C)(=O)=O. The highest BCUT2D eigenvalue weighted by Crippen LogP contribution is 2.25. The molecule has 0 bridgehead atoms. The van der Waals surface area contributed by atoms with Crippen LogP contribution in [0.15, 0.2) is 48.5 Å². The molecule has 0 aliphatic carbocycles. The first-order chi connectivity index (χ1) is 14.0. The molecule has 8 heteroatoms. The zero-order valence-corrected chi connectivity index (χ0v) is 18.8. The summed E-state index contributed by atoms with van der Waals surface area (Å²) >= 11 is 0. The van der Waals surface area contributed by atoms with E-state index in [1.165, 1.54) is 0 Å². The van der Waals surface area contributed by atoms with Gasteiger partial charge in [-0.15, -0.1) is 0 Å². The minimum Gasteiger partial charge on any atom is -0.350 e. The van der Waals surface area contributed by atoms with Crippen LogP contribution in [0.2, 0.25) is 0 Å². The van der Waals surface area contributed by atoms with E-state index in [1.54, 1.807) is 49.4 Å². The average Bonchev–Trinajstić information content (AvgIpc) is 2.64. The maximum absolute atomic E-state index is 13.1. The van der Waals surface area contributed by atoms with E-state index >= 15 is 0 Å². The molecular formula is C22H29N3O4S. The molecule has 30 heavy (non-hydrogen) atoms. The maximum atomic E-state index is 13.1. The van der Waals surface area contributed by atoms with Gasteiger partial charge in [0.1, 0.15) is 6.04 Å². The summed E-state index contributed by atoms with van der Waals surface area (Å²) in [5.41, 5.74) is 1.95. The summed E-state index contributed by atoms with van der Waals surface area (Å²) in [6, 6.07) is 12.6. The molecule has 2 aromatic rings. The molecular weight excluding hydrogens is 402 g/mol. The number of benzene rings is 2. The van der Waals surface area contributed by atoms with Crippen molar-refractivity contribution in [1.29, 1.82) is 0 Å². The van der Waals surface area contributed by atoms with Crippen molar-refractivity contribution in [1.82, 2.24) is 5.32 Å². The first-order valence-electron chi connectivity index (χ1n) is 9.81. The lowest BCUT2D eigenvalue weighted by Crippen LogP contribution is -2.47. The molecule has 1 unspecified atom stereocenters. The smallest absolute Gasteiger partial charge is 0.253 e. The largest absolute Gasteiger partial charge is 0.350 e. The van der Waals surface area contributed by atoms with E-state index in [0.29, 0.717) is 16.9 Å². The van der Waals surface area contributed by atoms with Gasteiger partial charge in [-0.3, -0.25) is 13.9 Å². The fourth-order valence-corrected chi connectivity index (χ4v) is 4.37. The summed E-state index contributed by atoms with van der Waals surface area (Å²) in [7, 11) is -3.73. The Kier molecular flexibility index (Phi) is 7.61. The monoisotopic (exact) mass is 431 g/mol. The molecule has 1 atom stereocenters. The average molecular weight is 432 g/mol. The minimum atomic E-state index is -3.73. The lowest BCUT2D eigenvalue weighted by atomic mass is 10.1. The Balaban J connectivity index is 2.39. The van der Waals surface area contributed by atoms with Gasteiger partial charge in [0.15, 0.2) is 0 Å². The number of carbonyl (C=O) groups excluding carboxylic acids is 2. The second kappa shape index (κ2) is 9.75. The van der Waals surface area contributed by atoms with E-state index in [0.717, 1.165) is 16.1 Å². The molecule has 2 N–H and O–H groups in total. The van der Waals surface area contributed by atoms with Gasteiger partial charge in [-0.2, -0.15) is 0 Å². The van der Waals surface area contributed by atoms with Crippen LogP contribution >= 0.6 is 0 Å². The van der Waals surface area contributed by atoms with Crippen LogP contribution < -0.4 is 14.9 Å². The lowest BCUT2D eigenvalue weighted by molar-refractivity contribution is -0.117. The molecule has 0 saturated carbocycles. The van der Waals surface area contributed by atoms with E-state index < -0.39 is 22.0 Å². The summed E-state index contributed by atoms with van der Waals surface area (Å²) in [6.07, 6.45) is 1.34. The number of carbonyl (C=O) groups is 2. The van der Waals surface area contributed by atoms with Gasteiger partial charge in [0.05, 0.1) is 23.2 Å². The Labute approximate surface area is 178 Å². The van der Waals surface area contributed by atoms with Gasteiger partial charge in [0.25, 0.3) is 5.91 Å². The third-order valence-electron chi connectivity index (χ3n) is 4.44. The highest BCUT2D eigenvalue weighted by Gasteiger charge is 2.32. The molecule has 7 nitrogen and oxygen atoms in total. The zero-order valence-electron chi connectivity index (χ0n) is 18.0. The molecule has 162 valence electrons. The molecule has 0 radical (unpaired) electrons. The Morgan fingerprint density at radius 3 is 2.30 bits per heavy atom. The van der Waals surface area contributed by atoms with E-state index in [4.69, 9.17) is 0 Å². The van der Waals surface area contributed by atoms with Crippen molar-refractivity contribution in [2.45, 2.75) is 46.2 Å². The van der Waals surface area contributed by atoms with Gasteiger partial charge in [-0.1, -0.05) is 31.2 Å². The number of nitrogens with one attached hydrogen (secondary N) is 2. The summed E-state index contributed by atoms with van der Waals surface area (Å²) in [5, 5.41) is 5.55. The van der Waals surface area contributed by atoms with Gasteiger partial charge in [0.2, 0.25) is 15.9 Å². The van der Waals surface area contributed by atoms with Crippen LogP contribution in [-0.2, 0) is 14.8 Å². The molecule has 2 amide bonds. The van der Waals surface area contributed by atoms with Gasteiger partial charge in [0, 0.05) is 6.04 Å². The van der Waals surface area contributed by atoms with E-state index in [1.807, 2.05) is 26.8 Å². The molecule has 2 aromatic carbocycles. The Bertz CT molecular complexity index is 1020. The van der Waals surface area contributed by atoms with Crippen molar-refractivity contribution in [2.24, 2.45) is 0 Å². The summed E-state index contributed by atoms with van der Waals surface area (Å²) in [4.78, 5) is 25.6. The van der Waals surface area contributed by atoms with Crippen LogP contribution in [0.1, 0.15) is 43.1 Å². The molecule has 0 heterocycles. The Morgan fingerprint density at radius 1 is 1.07 bits per heavy atom. The molecule has 0 aliphatic heterocycles. The first-order valence-corrected chi connectivity index (χ1v) is 11.7. The number of hydrogen-bond acceptors (Lipinski definition) is 4. The summed E-state index contributed by atoms with van der Waals surface area (Å²) in [6.45, 7) is 7.29. The first kappa shape index (κ1) is 23.4. The molecule has 0 spiro atoms. The zero-order chi connectivity index (χ0) is 22.5. The van der Waals surface area contributed by atoms with Crippen molar-refractivity contribution in [3.63, 3.8) is 0 Å². The minimum absolute atomic E-state index is 0.0632. The van der Waals surface area contributed by atoms with Gasteiger partial charge >= 0.3 is 0 Å². The van der Waals surface area contributed by atoms with E-state index in [9.17, 15) is 18.0 Å². The fourth-order valence-electron chi connectivity index (χ4n) is 3.17.